The van der Waals surface area contributed by atoms with Crippen molar-refractivity contribution in [2.45, 2.75) is 106 Å². The van der Waals surface area contributed by atoms with Crippen molar-refractivity contribution in [3.63, 3.8) is 0 Å². The van der Waals surface area contributed by atoms with Crippen LogP contribution in [0.4, 0.5) is 0 Å². The Hall–Kier alpha value is -2.40. The lowest BCUT2D eigenvalue weighted by Gasteiger charge is -2.72. The molecule has 2 N–H and O–H groups in total. The molecule has 5 aliphatic rings. The number of benzene rings is 1. The molecule has 0 heterocycles. The summed E-state index contributed by atoms with van der Waals surface area (Å²) >= 11 is 0. The van der Waals surface area contributed by atoms with Crippen molar-refractivity contribution >= 4 is 17.4 Å². The van der Waals surface area contributed by atoms with Crippen LogP contribution in [0.15, 0.2) is 42.5 Å². The Morgan fingerprint density at radius 2 is 1.62 bits per heavy atom. The number of carbonyl (C=O) groups excluding carboxylic acids is 1. The highest BCUT2D eigenvalue weighted by atomic mass is 16.4. The molecule has 5 nitrogen and oxygen atoms in total. The smallest absolute Gasteiger partial charge is 0.335 e. The number of carboxylic acids is 1. The maximum atomic E-state index is 14.3. The molecule has 1 amide bonds. The van der Waals surface area contributed by atoms with Crippen LogP contribution < -0.4 is 5.32 Å². The summed E-state index contributed by atoms with van der Waals surface area (Å²) in [7, 11) is 4.20. The molecule has 5 heteroatoms. The van der Waals surface area contributed by atoms with Gasteiger partial charge >= 0.3 is 5.97 Å². The summed E-state index contributed by atoms with van der Waals surface area (Å²) in [5.41, 5.74) is 4.56. The summed E-state index contributed by atoms with van der Waals surface area (Å²) in [6.07, 6.45) is 13.8. The molecule has 47 heavy (non-hydrogen) atoms. The van der Waals surface area contributed by atoms with Crippen LogP contribution in [0.5, 0.6) is 0 Å². The van der Waals surface area contributed by atoms with Crippen molar-refractivity contribution in [1.82, 2.24) is 10.2 Å². The summed E-state index contributed by atoms with van der Waals surface area (Å²) < 4.78 is 0. The van der Waals surface area contributed by atoms with Gasteiger partial charge in [-0.25, -0.2) is 4.79 Å². The number of hydrogen-bond donors (Lipinski definition) is 2. The highest BCUT2D eigenvalue weighted by Gasteiger charge is 2.71. The van der Waals surface area contributed by atoms with Gasteiger partial charge in [-0.3, -0.25) is 4.79 Å². The van der Waals surface area contributed by atoms with Crippen LogP contribution in [-0.4, -0.2) is 49.1 Å². The second-order valence-electron chi connectivity index (χ2n) is 18.2. The monoisotopic (exact) mass is 642 g/mol. The lowest BCUT2D eigenvalue weighted by molar-refractivity contribution is -0.225. The Bertz CT molecular complexity index is 1440. The first-order valence-electron chi connectivity index (χ1n) is 18.7. The Morgan fingerprint density at radius 3 is 2.26 bits per heavy atom. The molecule has 0 aromatic heterocycles. The van der Waals surface area contributed by atoms with E-state index in [2.05, 4.69) is 78.5 Å². The van der Waals surface area contributed by atoms with Gasteiger partial charge in [0.2, 0.25) is 5.91 Å². The third-order valence-electron chi connectivity index (χ3n) is 15.6. The molecule has 1 aromatic carbocycles. The Labute approximate surface area is 285 Å². The predicted molar refractivity (Wildman–Crippen MR) is 192 cm³/mol. The van der Waals surface area contributed by atoms with Crippen LogP contribution in [0.3, 0.4) is 0 Å². The van der Waals surface area contributed by atoms with Crippen molar-refractivity contribution < 1.29 is 14.7 Å². The Kier molecular flexibility index (Phi) is 8.71. The number of allylic oxidation sites excluding steroid dienone is 3. The molecule has 258 valence electrons. The van der Waals surface area contributed by atoms with Crippen molar-refractivity contribution in [2.24, 2.45) is 56.7 Å². The lowest BCUT2D eigenvalue weighted by atomic mass is 9.32. The van der Waals surface area contributed by atoms with Gasteiger partial charge in [0, 0.05) is 6.54 Å². The van der Waals surface area contributed by atoms with E-state index in [9.17, 15) is 14.7 Å². The lowest BCUT2D eigenvalue weighted by Crippen LogP contribution is -2.66. The predicted octanol–water partition coefficient (Wildman–Crippen LogP) is 9.10. The van der Waals surface area contributed by atoms with Gasteiger partial charge in [-0.2, -0.15) is 0 Å². The average molecular weight is 643 g/mol. The molecule has 9 atom stereocenters. The highest BCUT2D eigenvalue weighted by Crippen LogP contribution is 2.77. The van der Waals surface area contributed by atoms with E-state index in [-0.39, 0.29) is 27.1 Å². The highest BCUT2D eigenvalue weighted by molar-refractivity contribution is 5.88. The van der Waals surface area contributed by atoms with E-state index in [0.717, 1.165) is 51.6 Å². The molecule has 0 saturated heterocycles. The molecule has 1 aromatic rings. The summed E-state index contributed by atoms with van der Waals surface area (Å²) in [6, 6.07) is 7.56. The van der Waals surface area contributed by atoms with E-state index < -0.39 is 5.97 Å². The summed E-state index contributed by atoms with van der Waals surface area (Å²) in [4.78, 5) is 28.0. The average Bonchev–Trinajstić information content (AvgIpc) is 3.41. The molecule has 4 saturated carbocycles. The molecule has 4 unspecified atom stereocenters. The molecule has 0 radical (unpaired) electrons. The first kappa shape index (κ1) is 34.5. The zero-order valence-corrected chi connectivity index (χ0v) is 30.7. The fraction of sp³-hybridized carbons (Fsp3) is 0.714. The number of carbonyl (C=O) groups is 2. The zero-order valence-electron chi connectivity index (χ0n) is 30.7. The van der Waals surface area contributed by atoms with E-state index in [4.69, 9.17) is 0 Å². The van der Waals surface area contributed by atoms with Crippen molar-refractivity contribution in [2.75, 3.05) is 27.2 Å². The van der Waals surface area contributed by atoms with Gasteiger partial charge in [0.05, 0.1) is 11.0 Å². The fourth-order valence-electron chi connectivity index (χ4n) is 13.2. The largest absolute Gasteiger partial charge is 0.478 e. The van der Waals surface area contributed by atoms with Crippen LogP contribution in [0, 0.1) is 56.7 Å². The first-order chi connectivity index (χ1) is 22.0. The minimum atomic E-state index is -0.871. The quantitative estimate of drug-likeness (QED) is 0.219. The number of aromatic carboxylic acids is 1. The Balaban J connectivity index is 1.31. The van der Waals surface area contributed by atoms with E-state index in [1.165, 1.54) is 42.4 Å². The van der Waals surface area contributed by atoms with Gasteiger partial charge in [0.15, 0.2) is 0 Å². The normalized spacial score (nSPS) is 40.4. The molecule has 5 aliphatic carbocycles. The van der Waals surface area contributed by atoms with Gasteiger partial charge in [-0.15, -0.1) is 0 Å². The number of carboxylic acid groups (broad SMARTS) is 1. The van der Waals surface area contributed by atoms with Crippen LogP contribution in [0.25, 0.3) is 5.57 Å². The second-order valence-corrected chi connectivity index (χ2v) is 18.2. The van der Waals surface area contributed by atoms with E-state index >= 15 is 0 Å². The number of amides is 1. The third kappa shape index (κ3) is 5.10. The van der Waals surface area contributed by atoms with Crippen molar-refractivity contribution in [3.05, 3.63) is 53.6 Å². The van der Waals surface area contributed by atoms with Crippen LogP contribution in [0.1, 0.15) is 122 Å². The summed E-state index contributed by atoms with van der Waals surface area (Å²) in [5, 5.41) is 12.9. The molecule has 4 fully saturated rings. The fourth-order valence-corrected chi connectivity index (χ4v) is 13.2. The van der Waals surface area contributed by atoms with Gasteiger partial charge in [0.1, 0.15) is 0 Å². The minimum absolute atomic E-state index is 0.000284. The third-order valence-corrected chi connectivity index (χ3v) is 15.6. The van der Waals surface area contributed by atoms with Gasteiger partial charge in [-0.05, 0) is 166 Å². The summed E-state index contributed by atoms with van der Waals surface area (Å²) in [6.45, 7) is 21.3. The molecule has 6 rings (SSSR count). The number of rotatable bonds is 8. The maximum absolute atomic E-state index is 14.3. The number of nitrogens with one attached hydrogen (secondary N) is 1. The minimum Gasteiger partial charge on any atom is -0.478 e. The number of nitrogens with zero attached hydrogens (tertiary/aromatic N) is 1. The summed E-state index contributed by atoms with van der Waals surface area (Å²) in [5.74, 6) is 2.04. The van der Waals surface area contributed by atoms with Crippen LogP contribution in [0.2, 0.25) is 0 Å². The molecular weight excluding hydrogens is 580 g/mol. The molecular formula is C42H62N2O3. The maximum Gasteiger partial charge on any atom is 0.335 e. The van der Waals surface area contributed by atoms with Crippen molar-refractivity contribution in [3.8, 4) is 0 Å². The standard InChI is InChI=1S/C42H62N2O3/c1-27(2)30-17-22-42(37(47)43-25-10-26-44(8)9)24-23-40(6)32(35(30)42)15-16-34-39(5)20-18-31(28-11-13-29(14-12-28)36(45)46)38(3,4)33(39)19-21-41(34,40)7/h11-14,18,30,32-35H,1,10,15-17,19-26H2,2-9H3,(H,43,47)(H,45,46)/t30-,32?,33?,34?,35?,39-,40+,41+,42-/m0/s1. The Morgan fingerprint density at radius 1 is 0.915 bits per heavy atom. The van der Waals surface area contributed by atoms with E-state index in [0.29, 0.717) is 41.1 Å². The molecule has 0 aliphatic heterocycles. The number of fused-ring (bicyclic) bond motifs is 7. The number of hydrogen-bond acceptors (Lipinski definition) is 3. The van der Waals surface area contributed by atoms with E-state index in [1.807, 2.05) is 12.1 Å². The van der Waals surface area contributed by atoms with Gasteiger partial charge < -0.3 is 15.3 Å². The van der Waals surface area contributed by atoms with Gasteiger partial charge in [-0.1, -0.05) is 65.0 Å². The topological polar surface area (TPSA) is 69.6 Å². The van der Waals surface area contributed by atoms with Gasteiger partial charge in [0.25, 0.3) is 0 Å². The molecule has 0 bridgehead atoms. The van der Waals surface area contributed by atoms with Crippen LogP contribution in [-0.2, 0) is 4.79 Å². The SMILES string of the molecule is C=C(C)[C@@H]1CC[C@]2(C(=O)NCCCN(C)C)CC[C@]3(C)C(CCC4[C@@]5(C)CC=C(c6ccc(C(=O)O)cc6)C(C)(C)C5CC[C@]43C)C12. The second kappa shape index (κ2) is 11.9. The van der Waals surface area contributed by atoms with Crippen molar-refractivity contribution in [1.29, 1.82) is 0 Å². The van der Waals surface area contributed by atoms with Crippen LogP contribution >= 0.6 is 0 Å². The molecule has 0 spiro atoms. The zero-order chi connectivity index (χ0) is 34.2. The first-order valence-corrected chi connectivity index (χ1v) is 18.7. The van der Waals surface area contributed by atoms with E-state index in [1.54, 1.807) is 12.1 Å².